The molecule has 0 unspecified atom stereocenters. The van der Waals surface area contributed by atoms with Crippen molar-refractivity contribution in [3.05, 3.63) is 12.2 Å². The maximum absolute atomic E-state index is 11.1. The number of rotatable bonds is 7. The van der Waals surface area contributed by atoms with Gasteiger partial charge in [-0.1, -0.05) is 0 Å². The molecule has 1 atom stereocenters. The van der Waals surface area contributed by atoms with Crippen molar-refractivity contribution in [3.63, 3.8) is 0 Å². The molecule has 126 valence electrons. The number of nitrogens with zero attached hydrogens (tertiary/aromatic N) is 1. The Balaban J connectivity index is -0.000000382. The van der Waals surface area contributed by atoms with Crippen molar-refractivity contribution in [1.82, 2.24) is 0 Å². The number of carboxylic acids is 3. The van der Waals surface area contributed by atoms with Crippen molar-refractivity contribution in [1.29, 1.82) is 0 Å². The number of aliphatic carboxylic acids is 3. The summed E-state index contributed by atoms with van der Waals surface area (Å²) in [7, 11) is 5.30. The van der Waals surface area contributed by atoms with Gasteiger partial charge in [-0.15, -0.1) is 0 Å². The standard InChI is InChI=1S/C9H17NO4.C4H4O4.Mg/c1-7(11)9(14,5-8(12)13)6-10(2,3)4;5-3(6)1-2-4(7)8;/h14H,5-6H2,1-4H3;1-2H,(H,5,6)(H,7,8);/q;;+2/p-2/t9-;;/m1../s1. The van der Waals surface area contributed by atoms with E-state index in [0.717, 1.165) is 0 Å². The number of carbonyl (C=O) groups excluding carboxylic acids is 4. The summed E-state index contributed by atoms with van der Waals surface area (Å²) in [5.41, 5.74) is -1.82. The van der Waals surface area contributed by atoms with Gasteiger partial charge in [0.05, 0.1) is 33.1 Å². The Morgan fingerprint density at radius 1 is 1.00 bits per heavy atom. The molecule has 0 spiro atoms. The molecule has 0 bridgehead atoms. The van der Waals surface area contributed by atoms with Crippen LogP contribution < -0.4 is 15.3 Å². The largest absolute Gasteiger partial charge is 2.00 e. The summed E-state index contributed by atoms with van der Waals surface area (Å²) in [4.78, 5) is 40.3. The quantitative estimate of drug-likeness (QED) is 0.273. The average molecular weight is 342 g/mol. The van der Waals surface area contributed by atoms with E-state index in [4.69, 9.17) is 0 Å². The van der Waals surface area contributed by atoms with Crippen molar-refractivity contribution in [2.24, 2.45) is 0 Å². The van der Waals surface area contributed by atoms with E-state index in [-0.39, 0.29) is 29.6 Å². The zero-order valence-electron chi connectivity index (χ0n) is 13.5. The molecule has 0 aromatic rings. The van der Waals surface area contributed by atoms with Crippen LogP contribution in [0.4, 0.5) is 0 Å². The molecule has 0 aromatic carbocycles. The summed E-state index contributed by atoms with van der Waals surface area (Å²) in [6, 6.07) is 0. The summed E-state index contributed by atoms with van der Waals surface area (Å²) < 4.78 is 0.309. The molecule has 9 nitrogen and oxygen atoms in total. The third-order valence-electron chi connectivity index (χ3n) is 2.18. The van der Waals surface area contributed by atoms with Crippen LogP contribution >= 0.6 is 0 Å². The molecule has 1 N–H and O–H groups in total. The number of aliphatic hydroxyl groups is 1. The number of likely N-dealkylation sites (N-methyl/N-ethyl adjacent to an activating group) is 1. The van der Waals surface area contributed by atoms with Crippen molar-refractivity contribution >= 4 is 46.7 Å². The van der Waals surface area contributed by atoms with Crippen LogP contribution in [-0.4, -0.2) is 89.6 Å². The zero-order chi connectivity index (χ0) is 18.1. The Morgan fingerprint density at radius 2 is 1.35 bits per heavy atom. The third kappa shape index (κ3) is 16.7. The van der Waals surface area contributed by atoms with Gasteiger partial charge in [-0.3, -0.25) is 4.79 Å². The fourth-order valence-corrected chi connectivity index (χ4v) is 1.45. The van der Waals surface area contributed by atoms with E-state index in [1.165, 1.54) is 6.92 Å². The minimum atomic E-state index is -1.82. The van der Waals surface area contributed by atoms with Crippen LogP contribution in [0.2, 0.25) is 0 Å². The van der Waals surface area contributed by atoms with Crippen LogP contribution in [0.1, 0.15) is 13.3 Å². The fourth-order valence-electron chi connectivity index (χ4n) is 1.45. The molecule has 0 aromatic heterocycles. The Hall–Kier alpha value is -1.49. The molecule has 0 aliphatic carbocycles. The summed E-state index contributed by atoms with van der Waals surface area (Å²) >= 11 is 0. The second-order valence-corrected chi connectivity index (χ2v) is 5.56. The number of quaternary nitrogens is 1. The second kappa shape index (κ2) is 11.1. The Kier molecular flexibility index (Phi) is 12.7. The van der Waals surface area contributed by atoms with E-state index in [9.17, 15) is 39.6 Å². The van der Waals surface area contributed by atoms with E-state index in [2.05, 4.69) is 0 Å². The van der Waals surface area contributed by atoms with Crippen LogP contribution in [0.15, 0.2) is 12.2 Å². The molecule has 0 heterocycles. The Labute approximate surface area is 149 Å². The number of carbonyl (C=O) groups is 4. The first kappa shape index (κ1) is 26.4. The number of Topliss-reactive ketones (excluding diaryl/α,β-unsaturated/α-hetero) is 1. The summed E-state index contributed by atoms with van der Waals surface area (Å²) in [6.45, 7) is 1.23. The van der Waals surface area contributed by atoms with E-state index >= 15 is 0 Å². The van der Waals surface area contributed by atoms with Gasteiger partial charge < -0.3 is 39.3 Å². The first-order chi connectivity index (χ1) is 9.69. The molecular weight excluding hydrogens is 322 g/mol. The minimum Gasteiger partial charge on any atom is -0.550 e. The maximum Gasteiger partial charge on any atom is 2.00 e. The second-order valence-electron chi connectivity index (χ2n) is 5.56. The number of carboxylic acid groups (broad SMARTS) is 3. The molecule has 0 fully saturated rings. The third-order valence-corrected chi connectivity index (χ3v) is 2.18. The van der Waals surface area contributed by atoms with E-state index in [1.54, 1.807) is 21.1 Å². The van der Waals surface area contributed by atoms with Crippen LogP contribution in [0.25, 0.3) is 0 Å². The molecule has 23 heavy (non-hydrogen) atoms. The van der Waals surface area contributed by atoms with E-state index < -0.39 is 35.7 Å². The maximum atomic E-state index is 11.1. The molecule has 0 saturated heterocycles. The molecule has 10 heteroatoms. The van der Waals surface area contributed by atoms with Gasteiger partial charge in [0.15, 0.2) is 11.4 Å². The number of hydrogen-bond donors (Lipinski definition) is 1. The monoisotopic (exact) mass is 341 g/mol. The van der Waals surface area contributed by atoms with Crippen LogP contribution in [0, 0.1) is 0 Å². The summed E-state index contributed by atoms with van der Waals surface area (Å²) in [5.74, 6) is -5.06. The van der Waals surface area contributed by atoms with Crippen LogP contribution in [-0.2, 0) is 19.2 Å². The summed E-state index contributed by atoms with van der Waals surface area (Å²) in [6.07, 6.45) is 0.114. The molecule has 0 aliphatic rings. The Bertz CT molecular complexity index is 453. The molecule has 0 rings (SSSR count). The van der Waals surface area contributed by atoms with E-state index in [0.29, 0.717) is 16.6 Å². The predicted octanol–water partition coefficient (Wildman–Crippen LogP) is -5.19. The van der Waals surface area contributed by atoms with Crippen LogP contribution in [0.3, 0.4) is 0 Å². The van der Waals surface area contributed by atoms with Gasteiger partial charge in [-0.05, 0) is 19.1 Å². The van der Waals surface area contributed by atoms with E-state index in [1.807, 2.05) is 0 Å². The molecule has 0 saturated carbocycles. The van der Waals surface area contributed by atoms with Gasteiger partial charge in [0, 0.05) is 12.4 Å². The van der Waals surface area contributed by atoms with Gasteiger partial charge in [-0.2, -0.15) is 0 Å². The van der Waals surface area contributed by atoms with Crippen molar-refractivity contribution in [3.8, 4) is 0 Å². The van der Waals surface area contributed by atoms with Gasteiger partial charge in [0.1, 0.15) is 6.54 Å². The molecule has 0 radical (unpaired) electrons. The smallest absolute Gasteiger partial charge is 0.550 e. The van der Waals surface area contributed by atoms with Gasteiger partial charge in [0.2, 0.25) is 0 Å². The number of hydrogen-bond acceptors (Lipinski definition) is 8. The first-order valence-electron chi connectivity index (χ1n) is 6.03. The zero-order valence-corrected chi connectivity index (χ0v) is 14.9. The SMILES string of the molecule is CC(=O)[C@@](O)(CC(=O)[O-])C[N+](C)(C)C.O=C([O-])C=CC(=O)[O-].[Mg+2]. The minimum absolute atomic E-state index is 0. The Morgan fingerprint density at radius 3 is 1.52 bits per heavy atom. The van der Waals surface area contributed by atoms with Crippen molar-refractivity contribution in [2.45, 2.75) is 18.9 Å². The van der Waals surface area contributed by atoms with Crippen molar-refractivity contribution in [2.75, 3.05) is 27.7 Å². The van der Waals surface area contributed by atoms with Gasteiger partial charge in [-0.25, -0.2) is 0 Å². The normalized spacial score (nSPS) is 13.1. The molecular formula is C13H19MgNO8. The topological polar surface area (TPSA) is 158 Å². The van der Waals surface area contributed by atoms with Crippen molar-refractivity contribution < 1.29 is 44.1 Å². The number of ketones is 1. The summed E-state index contributed by atoms with van der Waals surface area (Å²) in [5, 5.41) is 39.0. The van der Waals surface area contributed by atoms with Gasteiger partial charge >= 0.3 is 23.1 Å². The molecule has 0 aliphatic heterocycles. The average Bonchev–Trinajstić information content (AvgIpc) is 2.23. The molecule has 0 amide bonds. The van der Waals surface area contributed by atoms with Crippen LogP contribution in [0.5, 0.6) is 0 Å². The fraction of sp³-hybridized carbons (Fsp3) is 0.538. The first-order valence-corrected chi connectivity index (χ1v) is 6.03. The van der Waals surface area contributed by atoms with Gasteiger partial charge in [0.25, 0.3) is 0 Å². The predicted molar refractivity (Wildman–Crippen MR) is 73.1 cm³/mol.